The van der Waals surface area contributed by atoms with Crippen LogP contribution in [0.2, 0.25) is 0 Å². The smallest absolute Gasteiger partial charge is 0.0645 e. The molecule has 0 aliphatic carbocycles. The summed E-state index contributed by atoms with van der Waals surface area (Å²) in [5, 5.41) is 7.79. The number of hydrogen-bond donors (Lipinski definition) is 1. The lowest BCUT2D eigenvalue weighted by atomic mass is 10.1. The van der Waals surface area contributed by atoms with Crippen LogP contribution < -0.4 is 5.32 Å². The molecule has 0 spiro atoms. The van der Waals surface area contributed by atoms with Crippen molar-refractivity contribution in [2.75, 3.05) is 26.8 Å². The molecular weight excluding hydrogens is 262 g/mol. The van der Waals surface area contributed by atoms with Gasteiger partial charge in [-0.1, -0.05) is 36.8 Å². The van der Waals surface area contributed by atoms with E-state index in [-0.39, 0.29) is 0 Å². The van der Waals surface area contributed by atoms with Crippen LogP contribution >= 0.6 is 0 Å². The van der Waals surface area contributed by atoms with E-state index in [0.29, 0.717) is 0 Å². The minimum absolute atomic E-state index is 0.739. The van der Waals surface area contributed by atoms with Crippen LogP contribution in [0.4, 0.5) is 0 Å². The van der Waals surface area contributed by atoms with Gasteiger partial charge in [-0.3, -0.25) is 0 Å². The van der Waals surface area contributed by atoms with Crippen LogP contribution in [0.3, 0.4) is 0 Å². The van der Waals surface area contributed by atoms with Gasteiger partial charge in [0.25, 0.3) is 0 Å². The van der Waals surface area contributed by atoms with E-state index in [4.69, 9.17) is 4.74 Å². The lowest BCUT2D eigenvalue weighted by molar-refractivity contribution is 0.200. The molecule has 4 nitrogen and oxygen atoms in total. The Labute approximate surface area is 126 Å². The average molecular weight is 285 g/mol. The lowest BCUT2D eigenvalue weighted by Crippen LogP contribution is -2.21. The van der Waals surface area contributed by atoms with Crippen LogP contribution in [0.25, 0.3) is 11.8 Å². The van der Waals surface area contributed by atoms with Crippen molar-refractivity contribution in [3.8, 4) is 5.69 Å². The molecule has 2 rings (SSSR count). The number of hydrogen-bond acceptors (Lipinski definition) is 3. The average Bonchev–Trinajstić information content (AvgIpc) is 3.00. The molecule has 0 unspecified atom stereocenters. The number of ether oxygens (including phenoxy) is 1. The second-order valence-corrected chi connectivity index (χ2v) is 4.88. The molecule has 0 bridgehead atoms. The van der Waals surface area contributed by atoms with E-state index >= 15 is 0 Å². The molecule has 0 aliphatic heterocycles. The van der Waals surface area contributed by atoms with Crippen LogP contribution in [0, 0.1) is 0 Å². The first-order chi connectivity index (χ1) is 10.3. The fraction of sp³-hybridized carbons (Fsp3) is 0.353. The van der Waals surface area contributed by atoms with E-state index in [9.17, 15) is 0 Å². The fourth-order valence-corrected chi connectivity index (χ4v) is 2.07. The molecule has 0 saturated carbocycles. The maximum atomic E-state index is 5.03. The number of nitrogens with one attached hydrogen (secondary N) is 1. The Hall–Kier alpha value is -1.91. The first-order valence-corrected chi connectivity index (χ1v) is 7.32. The molecule has 112 valence electrons. The Morgan fingerprint density at radius 2 is 2.14 bits per heavy atom. The van der Waals surface area contributed by atoms with Crippen molar-refractivity contribution in [2.24, 2.45) is 0 Å². The van der Waals surface area contributed by atoms with Crippen molar-refractivity contribution in [1.82, 2.24) is 15.1 Å². The second kappa shape index (κ2) is 8.39. The van der Waals surface area contributed by atoms with Gasteiger partial charge in [-0.2, -0.15) is 5.10 Å². The van der Waals surface area contributed by atoms with Gasteiger partial charge in [0.2, 0.25) is 0 Å². The highest BCUT2D eigenvalue weighted by Crippen LogP contribution is 2.12. The summed E-state index contributed by atoms with van der Waals surface area (Å²) in [4.78, 5) is 0. The predicted molar refractivity (Wildman–Crippen MR) is 86.6 cm³/mol. The van der Waals surface area contributed by atoms with Gasteiger partial charge < -0.3 is 10.1 Å². The van der Waals surface area contributed by atoms with Gasteiger partial charge in [0.05, 0.1) is 18.5 Å². The third-order valence-corrected chi connectivity index (χ3v) is 3.28. The largest absolute Gasteiger partial charge is 0.383 e. The van der Waals surface area contributed by atoms with Crippen molar-refractivity contribution in [2.45, 2.75) is 13.3 Å². The lowest BCUT2D eigenvalue weighted by Gasteiger charge is -2.06. The summed E-state index contributed by atoms with van der Waals surface area (Å²) in [6.07, 6.45) is 7.18. The maximum absolute atomic E-state index is 5.03. The zero-order chi connectivity index (χ0) is 14.9. The van der Waals surface area contributed by atoms with Gasteiger partial charge >= 0.3 is 0 Å². The molecule has 1 N–H and O–H groups in total. The third kappa shape index (κ3) is 4.85. The van der Waals surface area contributed by atoms with E-state index in [1.807, 2.05) is 41.2 Å². The zero-order valence-corrected chi connectivity index (χ0v) is 12.7. The molecule has 21 heavy (non-hydrogen) atoms. The molecule has 1 aromatic heterocycles. The van der Waals surface area contributed by atoms with Gasteiger partial charge in [-0.05, 0) is 18.6 Å². The van der Waals surface area contributed by atoms with Crippen LogP contribution in [-0.2, 0) is 4.74 Å². The van der Waals surface area contributed by atoms with Crippen molar-refractivity contribution in [1.29, 1.82) is 0 Å². The molecular formula is C17H23N3O. The minimum atomic E-state index is 0.739. The Bertz CT molecular complexity index is 560. The van der Waals surface area contributed by atoms with Crippen molar-refractivity contribution in [3.05, 3.63) is 53.9 Å². The zero-order valence-electron chi connectivity index (χ0n) is 12.7. The van der Waals surface area contributed by atoms with Crippen LogP contribution in [0.15, 0.2) is 48.3 Å². The van der Waals surface area contributed by atoms with Crippen LogP contribution in [-0.4, -0.2) is 36.6 Å². The molecule has 0 radical (unpaired) electrons. The van der Waals surface area contributed by atoms with Gasteiger partial charge in [0.15, 0.2) is 0 Å². The summed E-state index contributed by atoms with van der Waals surface area (Å²) in [6.45, 7) is 4.67. The summed E-state index contributed by atoms with van der Waals surface area (Å²) in [5.74, 6) is 0. The highest BCUT2D eigenvalue weighted by molar-refractivity contribution is 5.52. The van der Waals surface area contributed by atoms with Gasteiger partial charge in [-0.15, -0.1) is 0 Å². The SMILES string of the molecule is CCC(=Cc1cnn(-c2ccccc2)c1)CNCCOC. The van der Waals surface area contributed by atoms with Gasteiger partial charge in [-0.25, -0.2) is 4.68 Å². The normalized spacial score (nSPS) is 11.8. The van der Waals surface area contributed by atoms with Crippen LogP contribution in [0.5, 0.6) is 0 Å². The highest BCUT2D eigenvalue weighted by atomic mass is 16.5. The van der Waals surface area contributed by atoms with E-state index in [0.717, 1.165) is 37.4 Å². The Kier molecular flexibility index (Phi) is 6.19. The number of benzene rings is 1. The molecule has 0 amide bonds. The van der Waals surface area contributed by atoms with Crippen molar-refractivity contribution in [3.63, 3.8) is 0 Å². The fourth-order valence-electron chi connectivity index (χ4n) is 2.07. The number of nitrogens with zero attached hydrogens (tertiary/aromatic N) is 2. The maximum Gasteiger partial charge on any atom is 0.0645 e. The number of methoxy groups -OCH3 is 1. The van der Waals surface area contributed by atoms with Crippen molar-refractivity contribution < 1.29 is 4.74 Å². The summed E-state index contributed by atoms with van der Waals surface area (Å²) in [6, 6.07) is 10.1. The first-order valence-electron chi connectivity index (χ1n) is 7.32. The Morgan fingerprint density at radius 3 is 2.86 bits per heavy atom. The summed E-state index contributed by atoms with van der Waals surface area (Å²) >= 11 is 0. The standard InChI is InChI=1S/C17H23N3O/c1-3-15(12-18-9-10-21-2)11-16-13-19-20(14-16)17-7-5-4-6-8-17/h4-8,11,13-14,18H,3,9-10,12H2,1-2H3. The molecule has 1 aromatic carbocycles. The van der Waals surface area contributed by atoms with Crippen molar-refractivity contribution >= 4 is 6.08 Å². The quantitative estimate of drug-likeness (QED) is 0.758. The number of rotatable bonds is 8. The van der Waals surface area contributed by atoms with Gasteiger partial charge in [0.1, 0.15) is 0 Å². The van der Waals surface area contributed by atoms with E-state index in [2.05, 4.69) is 29.6 Å². The van der Waals surface area contributed by atoms with Crippen LogP contribution in [0.1, 0.15) is 18.9 Å². The monoisotopic (exact) mass is 285 g/mol. The molecule has 0 saturated heterocycles. The second-order valence-electron chi connectivity index (χ2n) is 4.88. The predicted octanol–water partition coefficient (Wildman–Crippen LogP) is 2.90. The topological polar surface area (TPSA) is 39.1 Å². The molecule has 0 atom stereocenters. The summed E-state index contributed by atoms with van der Waals surface area (Å²) in [5.41, 5.74) is 3.57. The summed E-state index contributed by atoms with van der Waals surface area (Å²) in [7, 11) is 1.72. The molecule has 0 aliphatic rings. The van der Waals surface area contributed by atoms with E-state index in [1.54, 1.807) is 7.11 Å². The molecule has 2 aromatic rings. The Balaban J connectivity index is 2.00. The summed E-state index contributed by atoms with van der Waals surface area (Å²) < 4.78 is 6.93. The van der Waals surface area contributed by atoms with E-state index in [1.165, 1.54) is 5.57 Å². The first kappa shape index (κ1) is 15.5. The molecule has 0 fully saturated rings. The third-order valence-electron chi connectivity index (χ3n) is 3.28. The number of aromatic nitrogens is 2. The number of para-hydroxylation sites is 1. The Morgan fingerprint density at radius 1 is 1.33 bits per heavy atom. The minimum Gasteiger partial charge on any atom is -0.383 e. The molecule has 1 heterocycles. The highest BCUT2D eigenvalue weighted by Gasteiger charge is 2.00. The van der Waals surface area contributed by atoms with E-state index < -0.39 is 0 Å². The van der Waals surface area contributed by atoms with Gasteiger partial charge in [0, 0.05) is 32.0 Å². The molecule has 4 heteroatoms.